The zero-order valence-electron chi connectivity index (χ0n) is 11.6. The summed E-state index contributed by atoms with van der Waals surface area (Å²) in [6.07, 6.45) is 0. The first-order valence-electron chi connectivity index (χ1n) is 6.21. The van der Waals surface area contributed by atoms with Crippen molar-refractivity contribution in [1.82, 2.24) is 5.32 Å². The highest BCUT2D eigenvalue weighted by Crippen LogP contribution is 2.25. The van der Waals surface area contributed by atoms with Gasteiger partial charge in [-0.1, -0.05) is 6.07 Å². The molecule has 2 aromatic rings. The van der Waals surface area contributed by atoms with E-state index in [1.807, 2.05) is 17.5 Å². The van der Waals surface area contributed by atoms with E-state index in [2.05, 4.69) is 10.6 Å². The Morgan fingerprint density at radius 1 is 1.29 bits per heavy atom. The zero-order valence-corrected chi connectivity index (χ0v) is 12.4. The molecule has 0 bridgehead atoms. The third kappa shape index (κ3) is 3.91. The van der Waals surface area contributed by atoms with Crippen molar-refractivity contribution < 1.29 is 13.6 Å². The Morgan fingerprint density at radius 2 is 1.95 bits per heavy atom. The lowest BCUT2D eigenvalue weighted by atomic mass is 10.2. The maximum atomic E-state index is 13.8. The van der Waals surface area contributed by atoms with Crippen LogP contribution < -0.4 is 15.5 Å². The van der Waals surface area contributed by atoms with Gasteiger partial charge in [0.2, 0.25) is 0 Å². The minimum atomic E-state index is -0.728. The van der Waals surface area contributed by atoms with Gasteiger partial charge in [-0.3, -0.25) is 0 Å². The summed E-state index contributed by atoms with van der Waals surface area (Å²) in [6, 6.07) is 5.42. The van der Waals surface area contributed by atoms with Crippen LogP contribution in [0, 0.1) is 11.6 Å². The van der Waals surface area contributed by atoms with Gasteiger partial charge in [-0.25, -0.2) is 13.6 Å². The number of anilines is 2. The molecule has 0 aliphatic rings. The van der Waals surface area contributed by atoms with Crippen LogP contribution in [0.25, 0.3) is 0 Å². The van der Waals surface area contributed by atoms with Crippen molar-refractivity contribution in [2.45, 2.75) is 6.54 Å². The summed E-state index contributed by atoms with van der Waals surface area (Å²) in [5.74, 6) is -1.46. The van der Waals surface area contributed by atoms with Crippen molar-refractivity contribution in [1.29, 1.82) is 0 Å². The van der Waals surface area contributed by atoms with E-state index in [1.165, 1.54) is 16.2 Å². The third-order valence-electron chi connectivity index (χ3n) is 2.73. The Morgan fingerprint density at radius 3 is 2.48 bits per heavy atom. The first kappa shape index (κ1) is 15.2. The maximum absolute atomic E-state index is 13.8. The van der Waals surface area contributed by atoms with Crippen LogP contribution in [0.1, 0.15) is 4.88 Å². The fourth-order valence-electron chi connectivity index (χ4n) is 1.82. The second-order valence-corrected chi connectivity index (χ2v) is 5.60. The van der Waals surface area contributed by atoms with Gasteiger partial charge in [0.05, 0.1) is 6.54 Å². The maximum Gasteiger partial charge on any atom is 0.319 e. The molecule has 2 N–H and O–H groups in total. The number of nitrogens with one attached hydrogen (secondary N) is 2. The monoisotopic (exact) mass is 311 g/mol. The van der Waals surface area contributed by atoms with Crippen LogP contribution in [-0.4, -0.2) is 20.1 Å². The van der Waals surface area contributed by atoms with E-state index in [9.17, 15) is 13.6 Å². The number of amides is 2. The number of thiophene rings is 1. The molecule has 0 saturated heterocycles. The lowest BCUT2D eigenvalue weighted by Crippen LogP contribution is -2.28. The summed E-state index contributed by atoms with van der Waals surface area (Å²) in [7, 11) is 3.09. The van der Waals surface area contributed by atoms with E-state index < -0.39 is 17.7 Å². The summed E-state index contributed by atoms with van der Waals surface area (Å²) >= 11 is 1.51. The van der Waals surface area contributed by atoms with Crippen molar-refractivity contribution in [3.05, 3.63) is 46.2 Å². The second-order valence-electron chi connectivity index (χ2n) is 4.57. The molecule has 1 aromatic carbocycles. The number of hydrogen-bond acceptors (Lipinski definition) is 3. The Kier molecular flexibility index (Phi) is 4.74. The SMILES string of the molecule is CN(C)c1c(F)cc(NC(=O)NCc2cccs2)cc1F. The van der Waals surface area contributed by atoms with Crippen LogP contribution in [0.2, 0.25) is 0 Å². The molecule has 0 fully saturated rings. The predicted molar refractivity (Wildman–Crippen MR) is 80.9 cm³/mol. The van der Waals surface area contributed by atoms with Crippen molar-refractivity contribution in [2.24, 2.45) is 0 Å². The quantitative estimate of drug-likeness (QED) is 0.909. The summed E-state index contributed by atoms with van der Waals surface area (Å²) in [6.45, 7) is 0.365. The van der Waals surface area contributed by atoms with E-state index in [-0.39, 0.29) is 11.4 Å². The molecule has 0 aliphatic heterocycles. The molecule has 2 rings (SSSR count). The average Bonchev–Trinajstić information content (AvgIpc) is 2.88. The summed E-state index contributed by atoms with van der Waals surface area (Å²) in [5, 5.41) is 6.93. The molecule has 0 radical (unpaired) electrons. The number of hydrogen-bond donors (Lipinski definition) is 2. The molecule has 1 heterocycles. The highest BCUT2D eigenvalue weighted by atomic mass is 32.1. The minimum absolute atomic E-state index is 0.0688. The molecule has 1 aromatic heterocycles. The molecule has 7 heteroatoms. The Hall–Kier alpha value is -2.15. The van der Waals surface area contributed by atoms with Crippen molar-refractivity contribution in [3.8, 4) is 0 Å². The van der Waals surface area contributed by atoms with Crippen LogP contribution in [0.3, 0.4) is 0 Å². The lowest BCUT2D eigenvalue weighted by Gasteiger charge is -2.16. The number of benzene rings is 1. The van der Waals surface area contributed by atoms with Gasteiger partial charge in [0.1, 0.15) is 5.69 Å². The largest absolute Gasteiger partial charge is 0.373 e. The van der Waals surface area contributed by atoms with Gasteiger partial charge in [0.15, 0.2) is 11.6 Å². The number of carbonyl (C=O) groups excluding carboxylic acids is 1. The topological polar surface area (TPSA) is 44.4 Å². The standard InChI is InChI=1S/C14H15F2N3OS/c1-19(2)13-11(15)6-9(7-12(13)16)18-14(20)17-8-10-4-3-5-21-10/h3-7H,8H2,1-2H3,(H2,17,18,20). The Balaban J connectivity index is 2.01. The molecule has 4 nitrogen and oxygen atoms in total. The van der Waals surface area contributed by atoms with Gasteiger partial charge in [0, 0.05) is 24.7 Å². The van der Waals surface area contributed by atoms with Gasteiger partial charge in [-0.2, -0.15) is 0 Å². The minimum Gasteiger partial charge on any atom is -0.373 e. The van der Waals surface area contributed by atoms with Crippen molar-refractivity contribution >= 4 is 28.7 Å². The summed E-state index contributed by atoms with van der Waals surface area (Å²) < 4.78 is 27.5. The summed E-state index contributed by atoms with van der Waals surface area (Å²) in [4.78, 5) is 14.0. The Labute approximate surface area is 125 Å². The number of halogens is 2. The molecular weight excluding hydrogens is 296 g/mol. The van der Waals surface area contributed by atoms with Crippen molar-refractivity contribution in [2.75, 3.05) is 24.3 Å². The first-order chi connectivity index (χ1) is 9.97. The number of rotatable bonds is 4. The van der Waals surface area contributed by atoms with Gasteiger partial charge in [-0.15, -0.1) is 11.3 Å². The molecule has 0 aliphatic carbocycles. The molecule has 112 valence electrons. The Bertz CT molecular complexity index is 606. The van der Waals surface area contributed by atoms with Gasteiger partial charge >= 0.3 is 6.03 Å². The van der Waals surface area contributed by atoms with Gasteiger partial charge in [0.25, 0.3) is 0 Å². The fourth-order valence-corrected chi connectivity index (χ4v) is 2.47. The molecular formula is C14H15F2N3OS. The predicted octanol–water partition coefficient (Wildman–Crippen LogP) is 3.41. The highest BCUT2D eigenvalue weighted by molar-refractivity contribution is 7.09. The lowest BCUT2D eigenvalue weighted by molar-refractivity contribution is 0.252. The van der Waals surface area contributed by atoms with Crippen LogP contribution in [0.5, 0.6) is 0 Å². The molecule has 21 heavy (non-hydrogen) atoms. The van der Waals surface area contributed by atoms with E-state index in [4.69, 9.17) is 0 Å². The number of carbonyl (C=O) groups is 1. The van der Waals surface area contributed by atoms with E-state index in [0.29, 0.717) is 6.54 Å². The van der Waals surface area contributed by atoms with E-state index in [0.717, 1.165) is 17.0 Å². The van der Waals surface area contributed by atoms with Crippen LogP contribution in [0.4, 0.5) is 25.0 Å². The van der Waals surface area contributed by atoms with Crippen LogP contribution >= 0.6 is 11.3 Å². The summed E-state index contributed by atoms with van der Waals surface area (Å²) in [5.41, 5.74) is -0.0705. The van der Waals surface area contributed by atoms with Gasteiger partial charge in [-0.05, 0) is 23.6 Å². The normalized spacial score (nSPS) is 10.3. The molecule has 0 saturated carbocycles. The van der Waals surface area contributed by atoms with Crippen LogP contribution in [-0.2, 0) is 6.54 Å². The molecule has 0 atom stereocenters. The smallest absolute Gasteiger partial charge is 0.319 e. The fraction of sp³-hybridized carbons (Fsp3) is 0.214. The first-order valence-corrected chi connectivity index (χ1v) is 7.09. The molecule has 2 amide bonds. The second kappa shape index (κ2) is 6.53. The zero-order chi connectivity index (χ0) is 15.4. The van der Waals surface area contributed by atoms with Crippen LogP contribution in [0.15, 0.2) is 29.6 Å². The van der Waals surface area contributed by atoms with Gasteiger partial charge < -0.3 is 15.5 Å². The average molecular weight is 311 g/mol. The highest BCUT2D eigenvalue weighted by Gasteiger charge is 2.14. The molecule has 0 unspecified atom stereocenters. The van der Waals surface area contributed by atoms with E-state index >= 15 is 0 Å². The third-order valence-corrected chi connectivity index (χ3v) is 3.60. The van der Waals surface area contributed by atoms with Crippen molar-refractivity contribution in [3.63, 3.8) is 0 Å². The molecule has 0 spiro atoms. The number of urea groups is 1. The van der Waals surface area contributed by atoms with E-state index in [1.54, 1.807) is 14.1 Å². The number of nitrogens with zero attached hydrogens (tertiary/aromatic N) is 1.